The number of aryl methyl sites for hydroxylation is 1. The zero-order valence-electron chi connectivity index (χ0n) is 20.1. The van der Waals surface area contributed by atoms with Gasteiger partial charge >= 0.3 is 6.18 Å². The molecule has 0 radical (unpaired) electrons. The molecule has 1 aliphatic rings. The van der Waals surface area contributed by atoms with E-state index in [-0.39, 0.29) is 63.7 Å². The SMILES string of the molecule is Cc1c(C(=O)NC2(C)CCS(=O)(=O)CC2)nc2cc(C#N)c(Oc3ncc(Cl)cc3OCC(F)(F)F)cn12. The summed E-state index contributed by atoms with van der Waals surface area (Å²) in [6, 6.07) is 4.37. The van der Waals surface area contributed by atoms with Gasteiger partial charge in [0.15, 0.2) is 18.1 Å². The van der Waals surface area contributed by atoms with E-state index in [1.54, 1.807) is 13.8 Å². The Morgan fingerprint density at radius 3 is 2.61 bits per heavy atom. The highest BCUT2D eigenvalue weighted by molar-refractivity contribution is 7.91. The lowest BCUT2D eigenvalue weighted by Crippen LogP contribution is -2.51. The molecule has 1 fully saturated rings. The van der Waals surface area contributed by atoms with Gasteiger partial charge in [0.1, 0.15) is 27.2 Å². The van der Waals surface area contributed by atoms with Crippen molar-refractivity contribution in [1.29, 1.82) is 5.26 Å². The Bertz CT molecular complexity index is 1550. The summed E-state index contributed by atoms with van der Waals surface area (Å²) in [6.07, 6.45) is -1.60. The monoisotopic (exact) mass is 571 g/mol. The van der Waals surface area contributed by atoms with Crippen LogP contribution >= 0.6 is 11.6 Å². The van der Waals surface area contributed by atoms with Gasteiger partial charge in [-0.2, -0.15) is 18.4 Å². The van der Waals surface area contributed by atoms with E-state index in [2.05, 4.69) is 15.3 Å². The van der Waals surface area contributed by atoms with Gasteiger partial charge in [0, 0.05) is 23.9 Å². The second-order valence-corrected chi connectivity index (χ2v) is 11.8. The Kier molecular flexibility index (Phi) is 7.19. The molecule has 0 unspecified atom stereocenters. The Morgan fingerprint density at radius 1 is 1.29 bits per heavy atom. The molecule has 0 atom stereocenters. The molecule has 4 heterocycles. The summed E-state index contributed by atoms with van der Waals surface area (Å²) < 4.78 is 73.5. The molecule has 3 aromatic rings. The first-order valence-electron chi connectivity index (χ1n) is 11.2. The van der Waals surface area contributed by atoms with Crippen molar-refractivity contribution in [3.63, 3.8) is 0 Å². The highest BCUT2D eigenvalue weighted by Gasteiger charge is 2.35. The van der Waals surface area contributed by atoms with E-state index in [0.717, 1.165) is 12.3 Å². The number of hydrogen-bond donors (Lipinski definition) is 1. The van der Waals surface area contributed by atoms with Crippen molar-refractivity contribution in [2.75, 3.05) is 18.1 Å². The normalized spacial score (nSPS) is 16.6. The molecule has 0 aromatic carbocycles. The fourth-order valence-corrected chi connectivity index (χ4v) is 5.74. The highest BCUT2D eigenvalue weighted by atomic mass is 35.5. The molecular formula is C23H21ClF3N5O5S. The van der Waals surface area contributed by atoms with Crippen molar-refractivity contribution in [2.45, 2.75) is 38.4 Å². The van der Waals surface area contributed by atoms with E-state index in [4.69, 9.17) is 21.1 Å². The molecule has 10 nitrogen and oxygen atoms in total. The number of amides is 1. The lowest BCUT2D eigenvalue weighted by atomic mass is 9.94. The number of pyridine rings is 2. The molecule has 1 saturated heterocycles. The topological polar surface area (TPSA) is 136 Å². The number of carbonyl (C=O) groups is 1. The molecule has 0 bridgehead atoms. The summed E-state index contributed by atoms with van der Waals surface area (Å²) in [5, 5.41) is 12.5. The first-order valence-corrected chi connectivity index (χ1v) is 13.4. The van der Waals surface area contributed by atoms with Crippen LogP contribution in [0.2, 0.25) is 5.02 Å². The van der Waals surface area contributed by atoms with Gasteiger partial charge in [-0.25, -0.2) is 18.4 Å². The molecule has 1 aliphatic heterocycles. The molecule has 0 saturated carbocycles. The number of fused-ring (bicyclic) bond motifs is 1. The van der Waals surface area contributed by atoms with E-state index in [9.17, 15) is 31.6 Å². The van der Waals surface area contributed by atoms with Gasteiger partial charge in [0.2, 0.25) is 0 Å². The first kappa shape index (κ1) is 27.5. The molecule has 15 heteroatoms. The number of carbonyl (C=O) groups excluding carboxylic acids is 1. The number of alkyl halides is 3. The summed E-state index contributed by atoms with van der Waals surface area (Å²) >= 11 is 5.84. The van der Waals surface area contributed by atoms with Crippen LogP contribution in [-0.4, -0.2) is 58.5 Å². The van der Waals surface area contributed by atoms with Crippen LogP contribution in [0.3, 0.4) is 0 Å². The zero-order valence-corrected chi connectivity index (χ0v) is 21.7. The van der Waals surface area contributed by atoms with Crippen molar-refractivity contribution in [2.24, 2.45) is 0 Å². The highest BCUT2D eigenvalue weighted by Crippen LogP contribution is 2.35. The maximum atomic E-state index is 13.1. The number of aromatic nitrogens is 3. The number of ether oxygens (including phenoxy) is 2. The zero-order chi connectivity index (χ0) is 27.9. The number of nitriles is 1. The summed E-state index contributed by atoms with van der Waals surface area (Å²) in [5.74, 6) is -1.41. The standard InChI is InChI=1S/C23H21ClF3N5O5S/c1-13-19(20(33)31-22(2)3-5-38(34,35)6-4-22)30-18-7-14(9-28)17(11-32(13)18)37-21-16(8-15(24)10-29-21)36-12-23(25,26)27/h7-8,10-11H,3-6,12H2,1-2H3,(H,31,33). The van der Waals surface area contributed by atoms with Crippen LogP contribution in [-0.2, 0) is 9.84 Å². The summed E-state index contributed by atoms with van der Waals surface area (Å²) in [5.41, 5.74) is -0.0805. The second kappa shape index (κ2) is 9.95. The van der Waals surface area contributed by atoms with Gasteiger partial charge in [0.05, 0.1) is 34.0 Å². The Labute approximate surface area is 220 Å². The van der Waals surface area contributed by atoms with E-state index in [1.807, 2.05) is 6.07 Å². The number of imidazole rings is 1. The van der Waals surface area contributed by atoms with Gasteiger partial charge < -0.3 is 14.8 Å². The maximum absolute atomic E-state index is 13.1. The molecule has 1 N–H and O–H groups in total. The third-order valence-corrected chi connectivity index (χ3v) is 7.88. The minimum Gasteiger partial charge on any atom is -0.478 e. The first-order chi connectivity index (χ1) is 17.7. The third-order valence-electron chi connectivity index (χ3n) is 6.03. The number of rotatable bonds is 6. The van der Waals surface area contributed by atoms with Gasteiger partial charge in [0.25, 0.3) is 11.8 Å². The smallest absolute Gasteiger partial charge is 0.422 e. The largest absolute Gasteiger partial charge is 0.478 e. The molecule has 0 aliphatic carbocycles. The predicted molar refractivity (Wildman–Crippen MR) is 129 cm³/mol. The van der Waals surface area contributed by atoms with Crippen molar-refractivity contribution in [1.82, 2.24) is 19.7 Å². The fraction of sp³-hybridized carbons (Fsp3) is 0.391. The third kappa shape index (κ3) is 6.11. The Hall–Kier alpha value is -3.57. The molecule has 202 valence electrons. The summed E-state index contributed by atoms with van der Waals surface area (Å²) in [7, 11) is -3.13. The Balaban J connectivity index is 1.64. The van der Waals surface area contributed by atoms with Gasteiger partial charge in [-0.1, -0.05) is 11.6 Å². The van der Waals surface area contributed by atoms with Gasteiger partial charge in [-0.15, -0.1) is 0 Å². The van der Waals surface area contributed by atoms with Crippen LogP contribution < -0.4 is 14.8 Å². The lowest BCUT2D eigenvalue weighted by molar-refractivity contribution is -0.153. The quantitative estimate of drug-likeness (QED) is 0.469. The number of halogens is 4. The number of hydrogen-bond acceptors (Lipinski definition) is 8. The van der Waals surface area contributed by atoms with E-state index in [0.29, 0.717) is 5.69 Å². The van der Waals surface area contributed by atoms with E-state index >= 15 is 0 Å². The van der Waals surface area contributed by atoms with Crippen molar-refractivity contribution in [3.8, 4) is 23.4 Å². The van der Waals surface area contributed by atoms with Crippen LogP contribution in [0, 0.1) is 18.3 Å². The van der Waals surface area contributed by atoms with Crippen molar-refractivity contribution >= 4 is 33.0 Å². The molecule has 1 amide bonds. The van der Waals surface area contributed by atoms with Crippen molar-refractivity contribution < 1.29 is 35.9 Å². The maximum Gasteiger partial charge on any atom is 0.422 e. The average molecular weight is 572 g/mol. The van der Waals surface area contributed by atoms with E-state index in [1.165, 1.54) is 16.7 Å². The lowest BCUT2D eigenvalue weighted by Gasteiger charge is -2.34. The minimum atomic E-state index is -4.62. The van der Waals surface area contributed by atoms with Crippen LogP contribution in [0.25, 0.3) is 5.65 Å². The van der Waals surface area contributed by atoms with Crippen LogP contribution in [0.1, 0.15) is 41.5 Å². The van der Waals surface area contributed by atoms with Gasteiger partial charge in [-0.3, -0.25) is 9.20 Å². The van der Waals surface area contributed by atoms with E-state index < -0.39 is 34.1 Å². The molecule has 4 rings (SSSR count). The molecular weight excluding hydrogens is 551 g/mol. The summed E-state index contributed by atoms with van der Waals surface area (Å²) in [6.45, 7) is 1.76. The molecule has 0 spiro atoms. The average Bonchev–Trinajstić information content (AvgIpc) is 3.16. The van der Waals surface area contributed by atoms with Gasteiger partial charge in [-0.05, 0) is 26.7 Å². The summed E-state index contributed by atoms with van der Waals surface area (Å²) in [4.78, 5) is 21.3. The number of nitrogens with zero attached hydrogens (tertiary/aromatic N) is 4. The fourth-order valence-electron chi connectivity index (χ4n) is 3.87. The minimum absolute atomic E-state index is 0.0100. The Morgan fingerprint density at radius 2 is 1.97 bits per heavy atom. The number of nitrogens with one attached hydrogen (secondary N) is 1. The number of sulfone groups is 1. The molecule has 38 heavy (non-hydrogen) atoms. The second-order valence-electron chi connectivity index (χ2n) is 9.07. The van der Waals surface area contributed by atoms with Crippen LogP contribution in [0.5, 0.6) is 17.4 Å². The van der Waals surface area contributed by atoms with Crippen LogP contribution in [0.15, 0.2) is 24.5 Å². The van der Waals surface area contributed by atoms with Crippen LogP contribution in [0.4, 0.5) is 13.2 Å². The molecule has 3 aromatic heterocycles. The van der Waals surface area contributed by atoms with Crippen molar-refractivity contribution in [3.05, 3.63) is 46.5 Å². The predicted octanol–water partition coefficient (Wildman–Crippen LogP) is 3.99.